The maximum atomic E-state index is 13.1. The molecule has 0 fully saturated rings. The van der Waals surface area contributed by atoms with Crippen molar-refractivity contribution >= 4 is 17.8 Å². The molecule has 2 N–H and O–H groups in total. The molecule has 0 unspecified atom stereocenters. The van der Waals surface area contributed by atoms with Crippen LogP contribution in [-0.4, -0.2) is 26.5 Å². The minimum Gasteiger partial charge on any atom is -0.478 e. The molecule has 0 spiro atoms. The quantitative estimate of drug-likeness (QED) is 0.613. The molecule has 3 aromatic rings. The number of fused-ring (bicyclic) bond motifs is 1. The van der Waals surface area contributed by atoms with Gasteiger partial charge in [-0.05, 0) is 35.6 Å². The average molecular weight is 417 g/mol. The van der Waals surface area contributed by atoms with Crippen molar-refractivity contribution in [1.82, 2.24) is 9.55 Å². The zero-order valence-corrected chi connectivity index (χ0v) is 17.2. The highest BCUT2D eigenvalue weighted by Crippen LogP contribution is 2.25. The third-order valence-electron chi connectivity index (χ3n) is 5.47. The van der Waals surface area contributed by atoms with Crippen LogP contribution >= 0.6 is 0 Å². The second-order valence-corrected chi connectivity index (χ2v) is 7.63. The molecule has 0 saturated carbocycles. The number of carboxylic acid groups (broad SMARTS) is 1. The second-order valence-electron chi connectivity index (χ2n) is 7.63. The first-order valence-corrected chi connectivity index (χ1v) is 10.3. The zero-order chi connectivity index (χ0) is 22.0. The standard InChI is InChI=1S/C24H23N3O4/c1-2-3-8-20-19(22(29)27-14-21(28)26-24(27)25-20)13-15-9-11-16(12-10-15)17-6-4-5-7-18(17)23(30)31/h4-7,9-12H,2-3,8,13-14H2,1H3,(H,30,31)(H,25,26,28). The molecular weight excluding hydrogens is 394 g/mol. The lowest BCUT2D eigenvalue weighted by Gasteiger charge is -2.12. The molecule has 0 bridgehead atoms. The Bertz CT molecular complexity index is 1210. The van der Waals surface area contributed by atoms with Gasteiger partial charge in [0.25, 0.3) is 5.56 Å². The number of carbonyl (C=O) groups excluding carboxylic acids is 1. The molecule has 158 valence electrons. The van der Waals surface area contributed by atoms with Crippen LogP contribution in [0, 0.1) is 0 Å². The van der Waals surface area contributed by atoms with Crippen LogP contribution in [0.25, 0.3) is 11.1 Å². The number of unbranched alkanes of at least 4 members (excludes halogenated alkanes) is 1. The first-order chi connectivity index (χ1) is 15.0. The Morgan fingerprint density at radius 1 is 1.13 bits per heavy atom. The summed E-state index contributed by atoms with van der Waals surface area (Å²) in [5, 5.41) is 12.1. The molecule has 2 heterocycles. The lowest BCUT2D eigenvalue weighted by molar-refractivity contribution is -0.115. The van der Waals surface area contributed by atoms with Gasteiger partial charge in [0.2, 0.25) is 11.9 Å². The summed E-state index contributed by atoms with van der Waals surface area (Å²) in [6.45, 7) is 2.07. The molecule has 4 rings (SSSR count). The van der Waals surface area contributed by atoms with Crippen molar-refractivity contribution in [1.29, 1.82) is 0 Å². The minimum atomic E-state index is -0.972. The van der Waals surface area contributed by atoms with Crippen molar-refractivity contribution in [3.8, 4) is 11.1 Å². The van der Waals surface area contributed by atoms with Crippen LogP contribution in [-0.2, 0) is 24.2 Å². The highest BCUT2D eigenvalue weighted by atomic mass is 16.4. The topological polar surface area (TPSA) is 101 Å². The van der Waals surface area contributed by atoms with Gasteiger partial charge in [-0.3, -0.25) is 19.5 Å². The SMILES string of the molecule is CCCCc1nc2n(c(=O)c1Cc1ccc(-c3ccccc3C(=O)O)cc1)CC(=O)N2. The zero-order valence-electron chi connectivity index (χ0n) is 17.2. The van der Waals surface area contributed by atoms with E-state index in [1.165, 1.54) is 4.57 Å². The summed E-state index contributed by atoms with van der Waals surface area (Å²) in [5.41, 5.74) is 3.75. The number of hydrogen-bond donors (Lipinski definition) is 2. The van der Waals surface area contributed by atoms with Crippen molar-refractivity contribution in [2.24, 2.45) is 0 Å². The predicted molar refractivity (Wildman–Crippen MR) is 117 cm³/mol. The Labute approximate surface area is 179 Å². The smallest absolute Gasteiger partial charge is 0.336 e. The van der Waals surface area contributed by atoms with E-state index in [0.717, 1.165) is 29.7 Å². The highest BCUT2D eigenvalue weighted by Gasteiger charge is 2.24. The van der Waals surface area contributed by atoms with Gasteiger partial charge >= 0.3 is 5.97 Å². The van der Waals surface area contributed by atoms with Crippen LogP contribution in [0.15, 0.2) is 53.3 Å². The normalized spacial score (nSPS) is 12.5. The van der Waals surface area contributed by atoms with Gasteiger partial charge in [-0.2, -0.15) is 0 Å². The molecule has 2 aromatic carbocycles. The van der Waals surface area contributed by atoms with E-state index in [1.54, 1.807) is 18.2 Å². The van der Waals surface area contributed by atoms with Gasteiger partial charge < -0.3 is 5.11 Å². The van der Waals surface area contributed by atoms with Crippen LogP contribution in [0.1, 0.15) is 46.9 Å². The molecule has 7 nitrogen and oxygen atoms in total. The highest BCUT2D eigenvalue weighted by molar-refractivity contribution is 5.96. The Hall–Kier alpha value is -3.74. The summed E-state index contributed by atoms with van der Waals surface area (Å²) in [7, 11) is 0. The molecule has 0 atom stereocenters. The fourth-order valence-electron chi connectivity index (χ4n) is 3.84. The number of nitrogens with one attached hydrogen (secondary N) is 1. The number of aromatic carboxylic acids is 1. The van der Waals surface area contributed by atoms with Crippen LogP contribution in [0.2, 0.25) is 0 Å². The van der Waals surface area contributed by atoms with Crippen molar-refractivity contribution in [3.63, 3.8) is 0 Å². The van der Waals surface area contributed by atoms with Crippen molar-refractivity contribution in [3.05, 3.63) is 81.3 Å². The van der Waals surface area contributed by atoms with Gasteiger partial charge in [-0.1, -0.05) is 55.8 Å². The van der Waals surface area contributed by atoms with E-state index in [9.17, 15) is 19.5 Å². The summed E-state index contributed by atoms with van der Waals surface area (Å²) in [4.78, 5) is 40.9. The number of nitrogens with zero attached hydrogens (tertiary/aromatic N) is 2. The van der Waals surface area contributed by atoms with Crippen molar-refractivity contribution in [2.45, 2.75) is 39.2 Å². The van der Waals surface area contributed by atoms with Gasteiger partial charge in [0, 0.05) is 12.0 Å². The third kappa shape index (κ3) is 4.12. The molecule has 7 heteroatoms. The molecular formula is C24H23N3O4. The number of aromatic nitrogens is 2. The van der Waals surface area contributed by atoms with Gasteiger partial charge in [0.15, 0.2) is 0 Å². The Kier molecular flexibility index (Phi) is 5.66. The number of carboxylic acids is 1. The number of rotatable bonds is 7. The molecule has 1 amide bonds. The van der Waals surface area contributed by atoms with E-state index < -0.39 is 5.97 Å². The number of hydrogen-bond acceptors (Lipinski definition) is 4. The molecule has 1 aliphatic rings. The Morgan fingerprint density at radius 3 is 2.58 bits per heavy atom. The first-order valence-electron chi connectivity index (χ1n) is 10.3. The van der Waals surface area contributed by atoms with Gasteiger partial charge in [-0.25, -0.2) is 9.78 Å². The van der Waals surface area contributed by atoms with E-state index in [1.807, 2.05) is 30.3 Å². The summed E-state index contributed by atoms with van der Waals surface area (Å²) in [6.07, 6.45) is 2.96. The molecule has 0 aliphatic carbocycles. The van der Waals surface area contributed by atoms with E-state index in [0.29, 0.717) is 29.9 Å². The van der Waals surface area contributed by atoms with E-state index in [2.05, 4.69) is 17.2 Å². The van der Waals surface area contributed by atoms with E-state index in [4.69, 9.17) is 0 Å². The fraction of sp³-hybridized carbons (Fsp3) is 0.250. The number of aryl methyl sites for hydroxylation is 1. The van der Waals surface area contributed by atoms with Gasteiger partial charge in [0.1, 0.15) is 6.54 Å². The maximum Gasteiger partial charge on any atom is 0.336 e. The maximum absolute atomic E-state index is 13.1. The van der Waals surface area contributed by atoms with Crippen molar-refractivity contribution in [2.75, 3.05) is 5.32 Å². The fourth-order valence-corrected chi connectivity index (χ4v) is 3.84. The lowest BCUT2D eigenvalue weighted by atomic mass is 9.96. The average Bonchev–Trinajstić information content (AvgIpc) is 3.15. The molecule has 1 aliphatic heterocycles. The molecule has 0 saturated heterocycles. The third-order valence-corrected chi connectivity index (χ3v) is 5.47. The Morgan fingerprint density at radius 2 is 1.87 bits per heavy atom. The number of carbonyl (C=O) groups is 2. The van der Waals surface area contributed by atoms with Crippen LogP contribution in [0.5, 0.6) is 0 Å². The Balaban J connectivity index is 1.67. The first kappa shape index (κ1) is 20.5. The van der Waals surface area contributed by atoms with Crippen LogP contribution in [0.4, 0.5) is 5.95 Å². The van der Waals surface area contributed by atoms with E-state index >= 15 is 0 Å². The molecule has 31 heavy (non-hydrogen) atoms. The minimum absolute atomic E-state index is 0.00681. The molecule has 0 radical (unpaired) electrons. The number of amides is 1. The number of anilines is 1. The van der Waals surface area contributed by atoms with Crippen LogP contribution < -0.4 is 10.9 Å². The van der Waals surface area contributed by atoms with E-state index in [-0.39, 0.29) is 23.6 Å². The summed E-state index contributed by atoms with van der Waals surface area (Å²) >= 11 is 0. The summed E-state index contributed by atoms with van der Waals surface area (Å²) < 4.78 is 1.39. The predicted octanol–water partition coefficient (Wildman–Crippen LogP) is 3.49. The van der Waals surface area contributed by atoms with Crippen LogP contribution in [0.3, 0.4) is 0 Å². The summed E-state index contributed by atoms with van der Waals surface area (Å²) in [5.74, 6) is -0.879. The molecule has 1 aromatic heterocycles. The lowest BCUT2D eigenvalue weighted by Crippen LogP contribution is -2.26. The van der Waals surface area contributed by atoms with Crippen molar-refractivity contribution < 1.29 is 14.7 Å². The number of benzene rings is 2. The largest absolute Gasteiger partial charge is 0.478 e. The summed E-state index contributed by atoms with van der Waals surface area (Å²) in [6, 6.07) is 14.4. The van der Waals surface area contributed by atoms with Gasteiger partial charge in [-0.15, -0.1) is 0 Å². The van der Waals surface area contributed by atoms with Gasteiger partial charge in [0.05, 0.1) is 11.3 Å². The second kappa shape index (κ2) is 8.55. The monoisotopic (exact) mass is 417 g/mol.